The van der Waals surface area contributed by atoms with E-state index in [1.807, 2.05) is 36.4 Å². The van der Waals surface area contributed by atoms with Crippen LogP contribution >= 0.6 is 39.3 Å². The molecule has 0 atom stereocenters. The van der Waals surface area contributed by atoms with E-state index in [2.05, 4.69) is 31.1 Å². The summed E-state index contributed by atoms with van der Waals surface area (Å²) in [6.07, 6.45) is 0. The predicted molar refractivity (Wildman–Crippen MR) is 102 cm³/mol. The Bertz CT molecular complexity index is 919. The molecule has 2 aromatic carbocycles. The summed E-state index contributed by atoms with van der Waals surface area (Å²) in [5.74, 6) is 2.73. The maximum atomic E-state index is 6.27. The number of nitrogens with zero attached hydrogens (tertiary/aromatic N) is 2. The number of ether oxygens (including phenoxy) is 2. The number of nitrogens with one attached hydrogen (secondary N) is 1. The first-order valence-electron chi connectivity index (χ1n) is 7.59. The molecule has 5 nitrogen and oxygen atoms in total. The number of halogens is 2. The summed E-state index contributed by atoms with van der Waals surface area (Å²) < 4.78 is 12.1. The number of hydrogen-bond acceptors (Lipinski definition) is 5. The third kappa shape index (κ3) is 3.63. The fourth-order valence-corrected chi connectivity index (χ4v) is 3.97. The Hall–Kier alpha value is -1.70. The summed E-state index contributed by atoms with van der Waals surface area (Å²) in [5, 5.41) is 8.50. The van der Waals surface area contributed by atoms with Crippen molar-refractivity contribution in [1.82, 2.24) is 15.2 Å². The van der Waals surface area contributed by atoms with E-state index >= 15 is 0 Å². The lowest BCUT2D eigenvalue weighted by atomic mass is 10.2. The zero-order valence-electron chi connectivity index (χ0n) is 13.0. The van der Waals surface area contributed by atoms with Gasteiger partial charge in [0.25, 0.3) is 0 Å². The molecule has 1 N–H and O–H groups in total. The molecule has 25 heavy (non-hydrogen) atoms. The molecule has 0 fully saturated rings. The molecule has 128 valence electrons. The van der Waals surface area contributed by atoms with Crippen molar-refractivity contribution >= 4 is 39.3 Å². The highest BCUT2D eigenvalue weighted by Gasteiger charge is 2.17. The Labute approximate surface area is 162 Å². The van der Waals surface area contributed by atoms with Gasteiger partial charge in [-0.2, -0.15) is 0 Å². The van der Waals surface area contributed by atoms with Crippen LogP contribution in [0.4, 0.5) is 0 Å². The second-order valence-electron chi connectivity index (χ2n) is 5.34. The van der Waals surface area contributed by atoms with Gasteiger partial charge < -0.3 is 9.47 Å². The molecule has 3 aromatic rings. The van der Waals surface area contributed by atoms with E-state index in [9.17, 15) is 0 Å². The Balaban J connectivity index is 1.49. The largest absolute Gasteiger partial charge is 0.486 e. The van der Waals surface area contributed by atoms with Gasteiger partial charge in [0.2, 0.25) is 5.16 Å². The molecule has 1 aromatic heterocycles. The molecule has 0 bridgehead atoms. The van der Waals surface area contributed by atoms with Gasteiger partial charge in [0, 0.05) is 15.8 Å². The highest BCUT2D eigenvalue weighted by Crippen LogP contribution is 2.39. The van der Waals surface area contributed by atoms with Crippen LogP contribution in [0.2, 0.25) is 5.02 Å². The first-order valence-corrected chi connectivity index (χ1v) is 9.74. The van der Waals surface area contributed by atoms with Crippen LogP contribution in [0.3, 0.4) is 0 Å². The number of rotatable bonds is 4. The van der Waals surface area contributed by atoms with Crippen LogP contribution in [0.25, 0.3) is 11.4 Å². The first kappa shape index (κ1) is 16.8. The minimum Gasteiger partial charge on any atom is -0.486 e. The van der Waals surface area contributed by atoms with Crippen molar-refractivity contribution in [3.63, 3.8) is 0 Å². The monoisotopic (exact) mass is 437 g/mol. The molecule has 1 aliphatic rings. The summed E-state index contributed by atoms with van der Waals surface area (Å²) in [6, 6.07) is 11.7. The van der Waals surface area contributed by atoms with Crippen molar-refractivity contribution in [3.8, 4) is 22.9 Å². The number of thioether (sulfide) groups is 1. The number of hydrogen-bond donors (Lipinski definition) is 1. The zero-order valence-corrected chi connectivity index (χ0v) is 16.1. The topological polar surface area (TPSA) is 60.0 Å². The maximum absolute atomic E-state index is 6.27. The zero-order chi connectivity index (χ0) is 17.2. The van der Waals surface area contributed by atoms with Gasteiger partial charge in [-0.25, -0.2) is 4.98 Å². The smallest absolute Gasteiger partial charge is 0.209 e. The summed E-state index contributed by atoms with van der Waals surface area (Å²) in [5.41, 5.74) is 2.01. The van der Waals surface area contributed by atoms with Gasteiger partial charge in [-0.05, 0) is 23.8 Å². The SMILES string of the molecule is Clc1cc(CSc2n[nH]c(-c3ccccc3Br)n2)cc2c1OCCO2. The van der Waals surface area contributed by atoms with Gasteiger partial charge in [0.15, 0.2) is 17.3 Å². The molecule has 0 saturated heterocycles. The second-order valence-corrected chi connectivity index (χ2v) is 7.54. The predicted octanol–water partition coefficient (Wildman–Crippen LogP) is 4.95. The average Bonchev–Trinajstić information content (AvgIpc) is 3.09. The molecule has 2 heterocycles. The third-order valence-corrected chi connectivity index (χ3v) is 5.51. The summed E-state index contributed by atoms with van der Waals surface area (Å²) in [4.78, 5) is 4.54. The van der Waals surface area contributed by atoms with E-state index in [0.29, 0.717) is 40.6 Å². The van der Waals surface area contributed by atoms with E-state index in [1.165, 1.54) is 11.8 Å². The summed E-state index contributed by atoms with van der Waals surface area (Å²) in [6.45, 7) is 1.06. The number of fused-ring (bicyclic) bond motifs is 1. The van der Waals surface area contributed by atoms with Gasteiger partial charge >= 0.3 is 0 Å². The first-order chi connectivity index (χ1) is 12.2. The molecule has 4 rings (SSSR count). The van der Waals surface area contributed by atoms with Crippen molar-refractivity contribution in [3.05, 3.63) is 51.5 Å². The normalized spacial score (nSPS) is 13.0. The third-order valence-electron chi connectivity index (χ3n) is 3.62. The highest BCUT2D eigenvalue weighted by atomic mass is 79.9. The molecule has 0 amide bonds. The molecule has 0 unspecified atom stereocenters. The van der Waals surface area contributed by atoms with Crippen LogP contribution in [0.1, 0.15) is 5.56 Å². The van der Waals surface area contributed by atoms with E-state index in [-0.39, 0.29) is 0 Å². The fraction of sp³-hybridized carbons (Fsp3) is 0.176. The second kappa shape index (κ2) is 7.27. The Morgan fingerprint density at radius 1 is 1.20 bits per heavy atom. The molecule has 8 heteroatoms. The molecule has 0 spiro atoms. The lowest BCUT2D eigenvalue weighted by Gasteiger charge is -2.20. The maximum Gasteiger partial charge on any atom is 0.209 e. The lowest BCUT2D eigenvalue weighted by molar-refractivity contribution is 0.171. The van der Waals surface area contributed by atoms with Crippen LogP contribution in [-0.4, -0.2) is 28.4 Å². The minimum absolute atomic E-state index is 0.524. The van der Waals surface area contributed by atoms with E-state index in [4.69, 9.17) is 21.1 Å². The van der Waals surface area contributed by atoms with Gasteiger partial charge in [-0.3, -0.25) is 5.10 Å². The fourth-order valence-electron chi connectivity index (χ4n) is 2.48. The Morgan fingerprint density at radius 2 is 2.04 bits per heavy atom. The Kier molecular flexibility index (Phi) is 4.87. The Morgan fingerprint density at radius 3 is 2.92 bits per heavy atom. The van der Waals surface area contributed by atoms with Crippen LogP contribution in [-0.2, 0) is 5.75 Å². The van der Waals surface area contributed by atoms with Crippen LogP contribution in [0.5, 0.6) is 11.5 Å². The molecule has 0 aliphatic carbocycles. The lowest BCUT2D eigenvalue weighted by Crippen LogP contribution is -2.15. The van der Waals surface area contributed by atoms with Crippen molar-refractivity contribution in [2.75, 3.05) is 13.2 Å². The van der Waals surface area contributed by atoms with Gasteiger partial charge in [-0.1, -0.05) is 57.5 Å². The van der Waals surface area contributed by atoms with Crippen LogP contribution < -0.4 is 9.47 Å². The van der Waals surface area contributed by atoms with Crippen molar-refractivity contribution in [2.45, 2.75) is 10.9 Å². The minimum atomic E-state index is 0.524. The average molecular weight is 439 g/mol. The van der Waals surface area contributed by atoms with Gasteiger partial charge in [-0.15, -0.1) is 5.10 Å². The van der Waals surface area contributed by atoms with E-state index < -0.39 is 0 Å². The number of benzene rings is 2. The summed E-state index contributed by atoms with van der Waals surface area (Å²) >= 11 is 11.3. The summed E-state index contributed by atoms with van der Waals surface area (Å²) in [7, 11) is 0. The number of aromatic amines is 1. The van der Waals surface area contributed by atoms with Gasteiger partial charge in [0.1, 0.15) is 13.2 Å². The highest BCUT2D eigenvalue weighted by molar-refractivity contribution is 9.10. The van der Waals surface area contributed by atoms with Crippen LogP contribution in [0.15, 0.2) is 46.0 Å². The van der Waals surface area contributed by atoms with E-state index in [1.54, 1.807) is 0 Å². The molecular formula is C17H13BrClN3O2S. The molecular weight excluding hydrogens is 426 g/mol. The van der Waals surface area contributed by atoms with Crippen molar-refractivity contribution < 1.29 is 9.47 Å². The van der Waals surface area contributed by atoms with Gasteiger partial charge in [0.05, 0.1) is 5.02 Å². The molecule has 0 radical (unpaired) electrons. The van der Waals surface area contributed by atoms with Crippen LogP contribution in [0, 0.1) is 0 Å². The van der Waals surface area contributed by atoms with Crippen molar-refractivity contribution in [1.29, 1.82) is 0 Å². The quantitative estimate of drug-likeness (QED) is 0.584. The van der Waals surface area contributed by atoms with Crippen molar-refractivity contribution in [2.24, 2.45) is 0 Å². The number of H-pyrrole nitrogens is 1. The molecule has 0 saturated carbocycles. The molecule has 1 aliphatic heterocycles. The van der Waals surface area contributed by atoms with E-state index in [0.717, 1.165) is 21.4 Å². The number of aromatic nitrogens is 3. The standard InChI is InChI=1S/C17H13BrClN3O2S/c18-12-4-2-1-3-11(12)16-20-17(22-21-16)25-9-10-7-13(19)15-14(8-10)23-5-6-24-15/h1-4,7-8H,5-6,9H2,(H,20,21,22).